The van der Waals surface area contributed by atoms with E-state index in [1.165, 1.54) is 16.7 Å². The van der Waals surface area contributed by atoms with Crippen LogP contribution in [-0.4, -0.2) is 5.71 Å². The van der Waals surface area contributed by atoms with Gasteiger partial charge in [-0.15, -0.1) is 0 Å². The lowest BCUT2D eigenvalue weighted by Gasteiger charge is -2.16. The highest BCUT2D eigenvalue weighted by Crippen LogP contribution is 2.33. The quantitative estimate of drug-likeness (QED) is 0.209. The van der Waals surface area contributed by atoms with Crippen LogP contribution in [0.25, 0.3) is 5.57 Å². The third kappa shape index (κ3) is 6.58. The van der Waals surface area contributed by atoms with Crippen molar-refractivity contribution < 1.29 is 0 Å². The molecule has 0 aliphatic heterocycles. The van der Waals surface area contributed by atoms with Crippen LogP contribution in [0.2, 0.25) is 0 Å². The van der Waals surface area contributed by atoms with Crippen molar-refractivity contribution in [2.24, 2.45) is 4.99 Å². The number of hydrogen-bond donors (Lipinski definition) is 2. The van der Waals surface area contributed by atoms with E-state index >= 15 is 0 Å². The second kappa shape index (κ2) is 12.6. The molecule has 2 N–H and O–H groups in total. The van der Waals surface area contributed by atoms with Crippen LogP contribution in [0.1, 0.15) is 27.8 Å². The Bertz CT molecular complexity index is 1760. The molecule has 0 fully saturated rings. The first-order chi connectivity index (χ1) is 21.0. The summed E-state index contributed by atoms with van der Waals surface area (Å²) in [5, 5.41) is 7.12. The Balaban J connectivity index is 1.34. The van der Waals surface area contributed by atoms with Gasteiger partial charge in [0, 0.05) is 22.7 Å². The van der Waals surface area contributed by atoms with Gasteiger partial charge in [-0.2, -0.15) is 0 Å². The second-order valence-corrected chi connectivity index (χ2v) is 10.9. The van der Waals surface area contributed by atoms with Gasteiger partial charge in [0.2, 0.25) is 0 Å². The number of anilines is 4. The Morgan fingerprint density at radius 1 is 0.465 bits per heavy atom. The van der Waals surface area contributed by atoms with Crippen molar-refractivity contribution in [1.29, 1.82) is 0 Å². The molecule has 3 nitrogen and oxygen atoms in total. The molecular weight excluding hydrogens is 522 g/mol. The number of aryl methyl sites for hydroxylation is 3. The Kier molecular flexibility index (Phi) is 8.15. The first-order valence-corrected chi connectivity index (χ1v) is 14.6. The topological polar surface area (TPSA) is 36.4 Å². The highest BCUT2D eigenvalue weighted by atomic mass is 14.9. The fourth-order valence-corrected chi connectivity index (χ4v) is 5.21. The van der Waals surface area contributed by atoms with E-state index in [4.69, 9.17) is 4.99 Å². The number of aliphatic imine (C=N–C) groups is 1. The molecule has 0 unspecified atom stereocenters. The molecular formula is C40H35N3. The van der Waals surface area contributed by atoms with Gasteiger partial charge in [-0.3, -0.25) is 0 Å². The molecule has 0 saturated carbocycles. The lowest BCUT2D eigenvalue weighted by molar-refractivity contribution is 1.40. The first-order valence-electron chi connectivity index (χ1n) is 14.6. The largest absolute Gasteiger partial charge is 0.355 e. The standard InChI is InChI=1S/C40H35N3/c1-28-10-4-7-13-37(28)41-34-22-16-31(17-23-34)40(32-18-24-35(25-19-32)42-38-14-8-5-11-29(38)2)33-20-26-36(27-21-33)43-39-15-9-6-12-30(39)3/h4-27,41-42H,1-3H3. The number of para-hydroxylation sites is 3. The summed E-state index contributed by atoms with van der Waals surface area (Å²) in [6, 6.07) is 42.3. The van der Waals surface area contributed by atoms with Crippen molar-refractivity contribution in [2.75, 3.05) is 10.6 Å². The molecule has 0 saturated heterocycles. The Morgan fingerprint density at radius 3 is 1.37 bits per heavy atom. The number of hydrogen-bond acceptors (Lipinski definition) is 3. The van der Waals surface area contributed by atoms with Crippen molar-refractivity contribution in [3.8, 4) is 0 Å². The van der Waals surface area contributed by atoms with Gasteiger partial charge in [-0.05, 0) is 114 Å². The van der Waals surface area contributed by atoms with Gasteiger partial charge in [0.1, 0.15) is 0 Å². The third-order valence-electron chi connectivity index (χ3n) is 7.72. The van der Waals surface area contributed by atoms with E-state index in [0.717, 1.165) is 56.4 Å². The van der Waals surface area contributed by atoms with E-state index in [9.17, 15) is 0 Å². The van der Waals surface area contributed by atoms with Crippen molar-refractivity contribution in [3.05, 3.63) is 179 Å². The first kappa shape index (κ1) is 27.7. The zero-order valence-corrected chi connectivity index (χ0v) is 24.8. The molecule has 6 rings (SSSR count). The zero-order chi connectivity index (χ0) is 29.6. The monoisotopic (exact) mass is 557 g/mol. The summed E-state index contributed by atoms with van der Waals surface area (Å²) in [4.78, 5) is 4.88. The van der Waals surface area contributed by atoms with E-state index < -0.39 is 0 Å². The third-order valence-corrected chi connectivity index (χ3v) is 7.72. The molecule has 3 heteroatoms. The Morgan fingerprint density at radius 2 is 0.907 bits per heavy atom. The minimum Gasteiger partial charge on any atom is -0.355 e. The van der Waals surface area contributed by atoms with Gasteiger partial charge >= 0.3 is 0 Å². The van der Waals surface area contributed by atoms with Crippen molar-refractivity contribution in [3.63, 3.8) is 0 Å². The van der Waals surface area contributed by atoms with Crippen LogP contribution < -0.4 is 10.6 Å². The average molecular weight is 558 g/mol. The smallest absolute Gasteiger partial charge is 0.0666 e. The van der Waals surface area contributed by atoms with Crippen LogP contribution in [0, 0.1) is 20.8 Å². The minimum absolute atomic E-state index is 0.938. The summed E-state index contributed by atoms with van der Waals surface area (Å²) < 4.78 is 0. The number of nitrogens with zero attached hydrogens (tertiary/aromatic N) is 1. The highest BCUT2D eigenvalue weighted by molar-refractivity contribution is 6.08. The molecule has 1 aliphatic rings. The van der Waals surface area contributed by atoms with Gasteiger partial charge < -0.3 is 10.6 Å². The Hall–Kier alpha value is -5.41. The SMILES string of the molecule is Cc1ccccc1N=C1C=CC(=C(c2ccc(Nc3ccccc3C)cc2)c2ccc(Nc3ccccc3C)cc2)C=C1. The molecule has 0 radical (unpaired) electrons. The predicted octanol–water partition coefficient (Wildman–Crippen LogP) is 10.8. The predicted molar refractivity (Wildman–Crippen MR) is 184 cm³/mol. The molecule has 0 aromatic heterocycles. The van der Waals surface area contributed by atoms with Gasteiger partial charge in [-0.1, -0.05) is 91.0 Å². The zero-order valence-electron chi connectivity index (χ0n) is 24.8. The molecule has 5 aromatic rings. The lowest BCUT2D eigenvalue weighted by atomic mass is 9.90. The second-order valence-electron chi connectivity index (χ2n) is 10.9. The van der Waals surface area contributed by atoms with Crippen LogP contribution in [0.3, 0.4) is 0 Å². The normalized spacial score (nSPS) is 12.3. The van der Waals surface area contributed by atoms with E-state index in [1.807, 2.05) is 12.1 Å². The lowest BCUT2D eigenvalue weighted by Crippen LogP contribution is -1.99. The van der Waals surface area contributed by atoms with Crippen molar-refractivity contribution in [2.45, 2.75) is 20.8 Å². The highest BCUT2D eigenvalue weighted by Gasteiger charge is 2.13. The van der Waals surface area contributed by atoms with E-state index in [1.54, 1.807) is 0 Å². The minimum atomic E-state index is 0.938. The van der Waals surface area contributed by atoms with Gasteiger partial charge in [-0.25, -0.2) is 4.99 Å². The van der Waals surface area contributed by atoms with Crippen LogP contribution in [-0.2, 0) is 0 Å². The molecule has 210 valence electrons. The van der Waals surface area contributed by atoms with Crippen LogP contribution in [0.15, 0.2) is 156 Å². The summed E-state index contributed by atoms with van der Waals surface area (Å²) >= 11 is 0. The molecule has 0 heterocycles. The molecule has 43 heavy (non-hydrogen) atoms. The van der Waals surface area contributed by atoms with E-state index in [0.29, 0.717) is 0 Å². The number of nitrogens with one attached hydrogen (secondary N) is 2. The van der Waals surface area contributed by atoms with Gasteiger partial charge in [0.15, 0.2) is 0 Å². The average Bonchev–Trinajstić information content (AvgIpc) is 3.03. The molecule has 0 bridgehead atoms. The Labute approximate surface area is 254 Å². The van der Waals surface area contributed by atoms with Gasteiger partial charge in [0.25, 0.3) is 0 Å². The van der Waals surface area contributed by atoms with Crippen molar-refractivity contribution in [1.82, 2.24) is 0 Å². The number of allylic oxidation sites excluding steroid dienone is 5. The number of rotatable bonds is 7. The maximum absolute atomic E-state index is 4.88. The van der Waals surface area contributed by atoms with Crippen LogP contribution in [0.4, 0.5) is 28.4 Å². The summed E-state index contributed by atoms with van der Waals surface area (Å²) in [6.45, 7) is 6.33. The summed E-state index contributed by atoms with van der Waals surface area (Å²) in [5.74, 6) is 0. The fourth-order valence-electron chi connectivity index (χ4n) is 5.21. The summed E-state index contributed by atoms with van der Waals surface area (Å²) in [5.41, 5.74) is 14.5. The molecule has 0 atom stereocenters. The van der Waals surface area contributed by atoms with E-state index in [-0.39, 0.29) is 0 Å². The molecule has 0 spiro atoms. The summed E-state index contributed by atoms with van der Waals surface area (Å²) in [7, 11) is 0. The van der Waals surface area contributed by atoms with Crippen LogP contribution in [0.5, 0.6) is 0 Å². The maximum Gasteiger partial charge on any atom is 0.0666 e. The van der Waals surface area contributed by atoms with E-state index in [2.05, 4.69) is 165 Å². The molecule has 1 aliphatic carbocycles. The fraction of sp³-hybridized carbons (Fsp3) is 0.0750. The van der Waals surface area contributed by atoms with Crippen molar-refractivity contribution >= 4 is 39.7 Å². The maximum atomic E-state index is 4.88. The van der Waals surface area contributed by atoms with Crippen LogP contribution >= 0.6 is 0 Å². The van der Waals surface area contributed by atoms with Gasteiger partial charge in [0.05, 0.1) is 11.4 Å². The summed E-state index contributed by atoms with van der Waals surface area (Å²) in [6.07, 6.45) is 8.55. The molecule has 0 amide bonds. The molecule has 5 aromatic carbocycles. The number of benzene rings is 5.